The van der Waals surface area contributed by atoms with Gasteiger partial charge in [0.25, 0.3) is 10.0 Å². The number of carbonyl (C=O) groups is 1. The molecule has 0 spiro atoms. The summed E-state index contributed by atoms with van der Waals surface area (Å²) in [6.07, 6.45) is -0.557. The molecule has 1 amide bonds. The molecule has 0 radical (unpaired) electrons. The molecule has 0 aliphatic carbocycles. The van der Waals surface area contributed by atoms with E-state index < -0.39 is 16.1 Å². The lowest BCUT2D eigenvalue weighted by atomic mass is 10.2. The van der Waals surface area contributed by atoms with Crippen molar-refractivity contribution in [1.29, 1.82) is 0 Å². The second-order valence-corrected chi connectivity index (χ2v) is 7.66. The van der Waals surface area contributed by atoms with Crippen LogP contribution in [0.15, 0.2) is 4.34 Å². The van der Waals surface area contributed by atoms with E-state index in [0.29, 0.717) is 0 Å². The Morgan fingerprint density at radius 3 is 2.90 bits per heavy atom. The lowest BCUT2D eigenvalue weighted by Gasteiger charge is -2.35. The molecule has 2 unspecified atom stereocenters. The number of amides is 1. The van der Waals surface area contributed by atoms with Gasteiger partial charge >= 0.3 is 0 Å². The summed E-state index contributed by atoms with van der Waals surface area (Å²) in [5, 5.41) is 18.9. The zero-order valence-electron chi connectivity index (χ0n) is 11.5. The highest BCUT2D eigenvalue weighted by Gasteiger charge is 2.37. The maximum atomic E-state index is 12.5. The molecule has 1 aliphatic rings. The lowest BCUT2D eigenvalue weighted by Crippen LogP contribution is -2.51. The van der Waals surface area contributed by atoms with Crippen molar-refractivity contribution in [2.45, 2.75) is 30.3 Å². The number of aromatic nitrogens is 2. The zero-order valence-corrected chi connectivity index (χ0v) is 13.1. The van der Waals surface area contributed by atoms with Gasteiger partial charge in [-0.05, 0) is 6.92 Å². The molecular formula is C10H16N4O5S2. The minimum absolute atomic E-state index is 0.0506. The molecule has 2 atom stereocenters. The Hall–Kier alpha value is -1.14. The minimum atomic E-state index is -3.83. The number of nitrogens with one attached hydrogen (secondary N) is 1. The summed E-state index contributed by atoms with van der Waals surface area (Å²) in [6, 6.07) is -0.370. The van der Waals surface area contributed by atoms with Crippen molar-refractivity contribution in [3.8, 4) is 0 Å². The molecule has 0 aromatic carbocycles. The summed E-state index contributed by atoms with van der Waals surface area (Å²) in [5.41, 5.74) is 0. The number of anilines is 1. The Morgan fingerprint density at radius 1 is 1.57 bits per heavy atom. The quantitative estimate of drug-likeness (QED) is 0.695. The number of carbonyl (C=O) groups excluding carboxylic acids is 1. The predicted octanol–water partition coefficient (Wildman–Crippen LogP) is -0.733. The van der Waals surface area contributed by atoms with Gasteiger partial charge in [-0.15, -0.1) is 10.2 Å². The monoisotopic (exact) mass is 336 g/mol. The van der Waals surface area contributed by atoms with Crippen molar-refractivity contribution in [1.82, 2.24) is 14.5 Å². The van der Waals surface area contributed by atoms with E-state index in [0.717, 1.165) is 11.3 Å². The molecular weight excluding hydrogens is 320 g/mol. The highest BCUT2D eigenvalue weighted by molar-refractivity contribution is 7.91. The van der Waals surface area contributed by atoms with Gasteiger partial charge in [0.2, 0.25) is 15.4 Å². The molecule has 11 heteroatoms. The molecule has 0 saturated carbocycles. The van der Waals surface area contributed by atoms with Crippen LogP contribution in [0.5, 0.6) is 0 Å². The van der Waals surface area contributed by atoms with Crippen LogP contribution >= 0.6 is 11.3 Å². The average molecular weight is 336 g/mol. The molecule has 21 heavy (non-hydrogen) atoms. The number of aliphatic hydroxyl groups excluding tert-OH is 1. The zero-order chi connectivity index (χ0) is 15.6. The standard InChI is InChI=1S/C10H16N4O5S2/c1-6-5-19-8(4-15)3-14(6)21(17,18)10-13-12-9(20-10)11-7(2)16/h6,8,15H,3-5H2,1-2H3,(H,11,12,16). The Bertz CT molecular complexity index is 617. The number of sulfonamides is 1. The topological polar surface area (TPSA) is 122 Å². The van der Waals surface area contributed by atoms with Crippen molar-refractivity contribution < 1.29 is 23.1 Å². The maximum absolute atomic E-state index is 12.5. The van der Waals surface area contributed by atoms with Gasteiger partial charge in [-0.3, -0.25) is 4.79 Å². The fraction of sp³-hybridized carbons (Fsp3) is 0.700. The second kappa shape index (κ2) is 6.32. The first-order valence-electron chi connectivity index (χ1n) is 6.20. The Morgan fingerprint density at radius 2 is 2.29 bits per heavy atom. The van der Waals surface area contributed by atoms with Crippen LogP contribution in [0.4, 0.5) is 5.13 Å². The van der Waals surface area contributed by atoms with Crippen LogP contribution in [0.2, 0.25) is 0 Å². The SMILES string of the molecule is CC(=O)Nc1nnc(S(=O)(=O)N2CC(CO)OCC2C)s1. The van der Waals surface area contributed by atoms with Gasteiger partial charge in [0, 0.05) is 19.5 Å². The van der Waals surface area contributed by atoms with Crippen molar-refractivity contribution >= 4 is 32.4 Å². The number of hydrogen-bond acceptors (Lipinski definition) is 8. The van der Waals surface area contributed by atoms with E-state index in [9.17, 15) is 13.2 Å². The molecule has 2 rings (SSSR count). The van der Waals surface area contributed by atoms with E-state index in [1.165, 1.54) is 11.2 Å². The Kier molecular flexibility index (Phi) is 4.88. The molecule has 1 aromatic heterocycles. The molecule has 1 fully saturated rings. The van der Waals surface area contributed by atoms with Crippen LogP contribution in [0.3, 0.4) is 0 Å². The molecule has 1 saturated heterocycles. The third kappa shape index (κ3) is 3.55. The highest BCUT2D eigenvalue weighted by atomic mass is 32.2. The summed E-state index contributed by atoms with van der Waals surface area (Å²) >= 11 is 0.786. The molecule has 2 heterocycles. The Labute approximate surface area is 126 Å². The molecule has 1 aromatic rings. The lowest BCUT2D eigenvalue weighted by molar-refractivity contribution is -0.114. The smallest absolute Gasteiger partial charge is 0.272 e. The van der Waals surface area contributed by atoms with Gasteiger partial charge in [-0.2, -0.15) is 4.31 Å². The molecule has 9 nitrogen and oxygen atoms in total. The third-order valence-electron chi connectivity index (χ3n) is 2.87. The van der Waals surface area contributed by atoms with E-state index in [1.54, 1.807) is 6.92 Å². The average Bonchev–Trinajstić information content (AvgIpc) is 2.87. The van der Waals surface area contributed by atoms with Crippen LogP contribution in [0, 0.1) is 0 Å². The van der Waals surface area contributed by atoms with Crippen molar-refractivity contribution in [3.63, 3.8) is 0 Å². The number of nitrogens with zero attached hydrogens (tertiary/aromatic N) is 3. The van der Waals surface area contributed by atoms with Crippen molar-refractivity contribution in [2.75, 3.05) is 25.1 Å². The molecule has 118 valence electrons. The van der Waals surface area contributed by atoms with E-state index in [4.69, 9.17) is 9.84 Å². The van der Waals surface area contributed by atoms with Gasteiger partial charge in [0.05, 0.1) is 19.3 Å². The first-order valence-corrected chi connectivity index (χ1v) is 8.45. The number of ether oxygens (including phenoxy) is 1. The van der Waals surface area contributed by atoms with E-state index in [1.807, 2.05) is 0 Å². The fourth-order valence-corrected chi connectivity index (χ4v) is 4.56. The largest absolute Gasteiger partial charge is 0.394 e. The van der Waals surface area contributed by atoms with Crippen LogP contribution in [-0.4, -0.2) is 65.8 Å². The maximum Gasteiger partial charge on any atom is 0.272 e. The van der Waals surface area contributed by atoms with Crippen LogP contribution < -0.4 is 5.32 Å². The summed E-state index contributed by atoms with van der Waals surface area (Å²) in [5.74, 6) is -0.352. The fourth-order valence-electron chi connectivity index (χ4n) is 1.85. The third-order valence-corrected chi connectivity index (χ3v) is 6.04. The highest BCUT2D eigenvalue weighted by Crippen LogP contribution is 2.26. The minimum Gasteiger partial charge on any atom is -0.394 e. The van der Waals surface area contributed by atoms with Crippen LogP contribution in [0.25, 0.3) is 0 Å². The number of hydrogen-bond donors (Lipinski definition) is 2. The van der Waals surface area contributed by atoms with Gasteiger partial charge in [-0.25, -0.2) is 8.42 Å². The summed E-state index contributed by atoms with van der Waals surface area (Å²) in [7, 11) is -3.83. The molecule has 2 N–H and O–H groups in total. The van der Waals surface area contributed by atoms with Crippen LogP contribution in [-0.2, 0) is 19.6 Å². The number of rotatable bonds is 4. The Balaban J connectivity index is 2.23. The first-order chi connectivity index (χ1) is 9.84. The van der Waals surface area contributed by atoms with Gasteiger partial charge in [0.15, 0.2) is 0 Å². The normalized spacial score (nSPS) is 24.0. The number of morpholine rings is 1. The van der Waals surface area contributed by atoms with E-state index in [2.05, 4.69) is 15.5 Å². The molecule has 1 aliphatic heterocycles. The van der Waals surface area contributed by atoms with Gasteiger partial charge < -0.3 is 15.2 Å². The first kappa shape index (κ1) is 16.2. The summed E-state index contributed by atoms with van der Waals surface area (Å²) < 4.78 is 31.4. The van der Waals surface area contributed by atoms with Crippen LogP contribution in [0.1, 0.15) is 13.8 Å². The van der Waals surface area contributed by atoms with E-state index in [-0.39, 0.29) is 41.2 Å². The van der Waals surface area contributed by atoms with Crippen molar-refractivity contribution in [2.24, 2.45) is 0 Å². The summed E-state index contributed by atoms with van der Waals surface area (Å²) in [4.78, 5) is 10.9. The summed E-state index contributed by atoms with van der Waals surface area (Å²) in [6.45, 7) is 3.00. The molecule has 0 bridgehead atoms. The van der Waals surface area contributed by atoms with Crippen molar-refractivity contribution in [3.05, 3.63) is 0 Å². The van der Waals surface area contributed by atoms with Gasteiger partial charge in [-0.1, -0.05) is 11.3 Å². The second-order valence-electron chi connectivity index (χ2n) is 4.62. The van der Waals surface area contributed by atoms with Gasteiger partial charge in [0.1, 0.15) is 0 Å². The predicted molar refractivity (Wildman–Crippen MR) is 74.4 cm³/mol. The van der Waals surface area contributed by atoms with E-state index >= 15 is 0 Å². The number of aliphatic hydroxyl groups is 1.